The van der Waals surface area contributed by atoms with E-state index in [-0.39, 0.29) is 44.5 Å². The summed E-state index contributed by atoms with van der Waals surface area (Å²) in [7, 11) is 0.0694. The second-order valence-corrected chi connectivity index (χ2v) is 5.57. The molecule has 0 spiro atoms. The number of aromatic amines is 1. The van der Waals surface area contributed by atoms with Gasteiger partial charge in [0.25, 0.3) is 5.56 Å². The molecule has 2 aromatic heterocycles. The van der Waals surface area contributed by atoms with Gasteiger partial charge in [0.05, 0.1) is 25.4 Å². The molecule has 1 unspecified atom stereocenters. The minimum Gasteiger partial charge on any atom is -0.390 e. The van der Waals surface area contributed by atoms with Crippen LogP contribution in [0.25, 0.3) is 11.2 Å². The Kier molecular flexibility index (Phi) is 4.16. The number of fused-ring (bicyclic) bond motifs is 1. The lowest BCUT2D eigenvalue weighted by atomic mass is 10.2. The zero-order chi connectivity index (χ0) is 14.8. The molecule has 10 heteroatoms. The summed E-state index contributed by atoms with van der Waals surface area (Å²) in [5.41, 5.74) is 5.87. The van der Waals surface area contributed by atoms with E-state index in [1.165, 1.54) is 6.33 Å². The zero-order valence-corrected chi connectivity index (χ0v) is 12.2. The Morgan fingerprint density at radius 1 is 1.62 bits per heavy atom. The summed E-state index contributed by atoms with van der Waals surface area (Å²) in [6, 6.07) is 0. The van der Waals surface area contributed by atoms with Crippen molar-refractivity contribution in [3.63, 3.8) is 0 Å². The number of nitrogens with two attached hydrogens (primary N) is 1. The molecule has 9 nitrogen and oxygen atoms in total. The molecule has 3 rings (SSSR count). The number of hydrogen-bond donors (Lipinski definition) is 3. The first kappa shape index (κ1) is 14.4. The van der Waals surface area contributed by atoms with Crippen molar-refractivity contribution in [1.29, 1.82) is 0 Å². The molecule has 21 heavy (non-hydrogen) atoms. The van der Waals surface area contributed by atoms with E-state index in [0.29, 0.717) is 12.3 Å². The first-order valence-corrected chi connectivity index (χ1v) is 7.64. The minimum atomic E-state index is -0.363. The van der Waals surface area contributed by atoms with E-state index in [1.54, 1.807) is 4.57 Å². The number of nitrogens with zero attached hydrogens (tertiary/aromatic N) is 3. The van der Waals surface area contributed by atoms with E-state index in [1.807, 2.05) is 0 Å². The lowest BCUT2D eigenvalue weighted by molar-refractivity contribution is -0.0138. The van der Waals surface area contributed by atoms with Gasteiger partial charge in [-0.25, -0.2) is 4.98 Å². The Morgan fingerprint density at radius 3 is 3.29 bits per heavy atom. The van der Waals surface area contributed by atoms with Gasteiger partial charge in [-0.2, -0.15) is 4.98 Å². The van der Waals surface area contributed by atoms with Gasteiger partial charge in [-0.3, -0.25) is 14.3 Å². The maximum Gasteiger partial charge on any atom is 0.280 e. The van der Waals surface area contributed by atoms with Crippen LogP contribution >= 0.6 is 8.81 Å². The number of aliphatic hydroxyl groups is 1. The summed E-state index contributed by atoms with van der Waals surface area (Å²) < 4.78 is 12.9. The maximum atomic E-state index is 11.7. The molecule has 3 heterocycles. The van der Waals surface area contributed by atoms with Gasteiger partial charge in [0.1, 0.15) is 6.23 Å². The van der Waals surface area contributed by atoms with Gasteiger partial charge >= 0.3 is 0 Å². The number of aliphatic hydroxyl groups excluding tert-OH is 1. The fourth-order valence-electron chi connectivity index (χ4n) is 2.37. The van der Waals surface area contributed by atoms with Crippen molar-refractivity contribution in [3.05, 3.63) is 16.7 Å². The second-order valence-electron chi connectivity index (χ2n) is 4.68. The largest absolute Gasteiger partial charge is 0.390 e. The third-order valence-electron chi connectivity index (χ3n) is 3.28. The molecule has 1 aliphatic heterocycles. The van der Waals surface area contributed by atoms with Crippen molar-refractivity contribution in [1.82, 2.24) is 19.5 Å². The normalized spacial score (nSPS) is 22.7. The lowest BCUT2D eigenvalue weighted by Crippen LogP contribution is -2.16. The average molecular weight is 313 g/mol. The molecule has 0 aliphatic carbocycles. The molecule has 114 valence electrons. The molecule has 2 aromatic rings. The third-order valence-corrected chi connectivity index (χ3v) is 3.78. The Morgan fingerprint density at radius 2 is 2.48 bits per heavy atom. The van der Waals surface area contributed by atoms with Gasteiger partial charge in [0.15, 0.2) is 11.2 Å². The fraction of sp³-hybridized carbons (Fsp3) is 0.545. The Hall–Kier alpha value is -1.54. The molecule has 1 saturated heterocycles. The molecule has 4 N–H and O–H groups in total. The number of hydrogen-bond acceptors (Lipinski definition) is 7. The fourth-order valence-corrected chi connectivity index (χ4v) is 2.76. The van der Waals surface area contributed by atoms with Crippen molar-refractivity contribution in [3.8, 4) is 0 Å². The predicted octanol–water partition coefficient (Wildman–Crippen LogP) is -0.0607. The Balaban J connectivity index is 1.78. The highest BCUT2D eigenvalue weighted by Crippen LogP contribution is 2.30. The first-order valence-electron chi connectivity index (χ1n) is 6.52. The number of aromatic nitrogens is 4. The predicted molar refractivity (Wildman–Crippen MR) is 77.1 cm³/mol. The van der Waals surface area contributed by atoms with Crippen LogP contribution in [0.3, 0.4) is 0 Å². The van der Waals surface area contributed by atoms with Gasteiger partial charge in [0.2, 0.25) is 5.95 Å². The number of nitrogens with one attached hydrogen (secondary N) is 1. The van der Waals surface area contributed by atoms with E-state index >= 15 is 0 Å². The third kappa shape index (κ3) is 2.91. The Labute approximate surface area is 121 Å². The smallest absolute Gasteiger partial charge is 0.280 e. The number of H-pyrrole nitrogens is 1. The molecule has 0 aromatic carbocycles. The Bertz CT molecular complexity index is 687. The molecule has 0 radical (unpaired) electrons. The average Bonchev–Trinajstić information content (AvgIpc) is 3.05. The van der Waals surface area contributed by atoms with Crippen LogP contribution in [0.15, 0.2) is 11.1 Å². The maximum absolute atomic E-state index is 11.7. The molecule has 1 fully saturated rings. The highest BCUT2D eigenvalue weighted by Gasteiger charge is 2.28. The highest BCUT2D eigenvalue weighted by atomic mass is 31.1. The molecule has 0 amide bonds. The van der Waals surface area contributed by atoms with Crippen LogP contribution in [0.1, 0.15) is 19.1 Å². The summed E-state index contributed by atoms with van der Waals surface area (Å²) in [6.07, 6.45) is 2.89. The summed E-state index contributed by atoms with van der Waals surface area (Å²) in [4.78, 5) is 22.3. The molecule has 3 atom stereocenters. The summed E-state index contributed by atoms with van der Waals surface area (Å²) in [6.45, 7) is 0.443. The van der Waals surface area contributed by atoms with Crippen LogP contribution in [-0.2, 0) is 9.26 Å². The summed E-state index contributed by atoms with van der Waals surface area (Å²) >= 11 is 0. The van der Waals surface area contributed by atoms with E-state index in [0.717, 1.165) is 12.8 Å². The van der Waals surface area contributed by atoms with Crippen LogP contribution in [0.5, 0.6) is 0 Å². The molecular weight excluding hydrogens is 297 g/mol. The highest BCUT2D eigenvalue weighted by molar-refractivity contribution is 7.31. The lowest BCUT2D eigenvalue weighted by Gasteiger charge is -2.15. The van der Waals surface area contributed by atoms with Gasteiger partial charge in [-0.05, 0) is 12.8 Å². The van der Waals surface area contributed by atoms with Crippen molar-refractivity contribution < 1.29 is 14.4 Å². The molecule has 0 bridgehead atoms. The minimum absolute atomic E-state index is 0.0221. The summed E-state index contributed by atoms with van der Waals surface area (Å²) in [5.74, 6) is 0.0521. The van der Waals surface area contributed by atoms with Crippen molar-refractivity contribution >= 4 is 25.9 Å². The topological polar surface area (TPSA) is 128 Å². The van der Waals surface area contributed by atoms with Crippen LogP contribution in [0, 0.1) is 0 Å². The zero-order valence-electron chi connectivity index (χ0n) is 11.2. The van der Waals surface area contributed by atoms with E-state index < -0.39 is 0 Å². The quantitative estimate of drug-likeness (QED) is 0.521. The van der Waals surface area contributed by atoms with E-state index in [9.17, 15) is 4.79 Å². The van der Waals surface area contributed by atoms with E-state index in [4.69, 9.17) is 20.1 Å². The van der Waals surface area contributed by atoms with Crippen LogP contribution in [0.4, 0.5) is 5.95 Å². The number of rotatable bonds is 5. The number of imidazole rings is 1. The number of anilines is 1. The molecule has 0 saturated carbocycles. The molecular formula is C11H16N5O4P. The van der Waals surface area contributed by atoms with Crippen LogP contribution in [-0.4, -0.2) is 43.7 Å². The van der Waals surface area contributed by atoms with Crippen molar-refractivity contribution in [2.75, 3.05) is 18.7 Å². The first-order chi connectivity index (χ1) is 10.2. The molecule has 1 aliphatic rings. The van der Waals surface area contributed by atoms with Gasteiger partial charge < -0.3 is 20.1 Å². The van der Waals surface area contributed by atoms with Crippen molar-refractivity contribution in [2.45, 2.75) is 25.2 Å². The van der Waals surface area contributed by atoms with Crippen molar-refractivity contribution in [2.24, 2.45) is 0 Å². The van der Waals surface area contributed by atoms with Crippen LogP contribution < -0.4 is 11.3 Å². The van der Waals surface area contributed by atoms with Gasteiger partial charge in [0, 0.05) is 8.81 Å². The number of ether oxygens (including phenoxy) is 1. The van der Waals surface area contributed by atoms with E-state index in [2.05, 4.69) is 15.0 Å². The summed E-state index contributed by atoms with van der Waals surface area (Å²) in [5, 5.41) is 8.69. The second kappa shape index (κ2) is 6.07. The number of nitrogen functional groups attached to an aromatic ring is 1. The van der Waals surface area contributed by atoms with Gasteiger partial charge in [-0.15, -0.1) is 0 Å². The van der Waals surface area contributed by atoms with Gasteiger partial charge in [-0.1, -0.05) is 0 Å². The van der Waals surface area contributed by atoms with Crippen LogP contribution in [0.2, 0.25) is 0 Å². The SMILES string of the molecule is Nc1nc2c(ncn2[C@H]2CC[C@@H](COPCO)O2)c(=O)[nH]1. The standard InChI is InChI=1S/C11H16N5O4P/c12-11-14-9-8(10(18)15-11)13-4-16(9)7-2-1-6(20-7)3-19-21-5-17/h4,6-7,17,21H,1-3,5H2,(H3,12,14,15,18)/t6-,7+/m0/s1. The monoisotopic (exact) mass is 313 g/mol.